The molecular weight excluding hydrogens is 236 g/mol. The van der Waals surface area contributed by atoms with Crippen LogP contribution in [0.1, 0.15) is 22.3 Å². The first kappa shape index (κ1) is 13.3. The summed E-state index contributed by atoms with van der Waals surface area (Å²) < 4.78 is 0. The number of aliphatic hydroxyl groups is 1. The predicted octanol–water partition coefficient (Wildman–Crippen LogP) is 2.34. The summed E-state index contributed by atoms with van der Waals surface area (Å²) in [5.74, 6) is 0. The van der Waals surface area contributed by atoms with Crippen LogP contribution in [0.3, 0.4) is 0 Å². The molecule has 0 aliphatic rings. The number of hydrogen-bond donors (Lipinski definition) is 2. The number of nitriles is 1. The van der Waals surface area contributed by atoms with E-state index in [-0.39, 0.29) is 6.61 Å². The van der Waals surface area contributed by atoms with E-state index in [1.807, 2.05) is 42.5 Å². The van der Waals surface area contributed by atoms with Gasteiger partial charge in [-0.1, -0.05) is 36.4 Å². The first-order chi connectivity index (χ1) is 9.33. The number of benzene rings is 2. The molecule has 0 aromatic heterocycles. The molecule has 0 fully saturated rings. The molecule has 2 aromatic rings. The molecule has 0 saturated carbocycles. The van der Waals surface area contributed by atoms with Gasteiger partial charge in [0.15, 0.2) is 0 Å². The van der Waals surface area contributed by atoms with Crippen LogP contribution in [0.4, 0.5) is 0 Å². The quantitative estimate of drug-likeness (QED) is 0.858. The Morgan fingerprint density at radius 2 is 1.79 bits per heavy atom. The summed E-state index contributed by atoms with van der Waals surface area (Å²) in [6.45, 7) is 1.46. The van der Waals surface area contributed by atoms with Gasteiger partial charge in [0.1, 0.15) is 0 Å². The fraction of sp³-hybridized carbons (Fsp3) is 0.188. The minimum atomic E-state index is 0.0573. The van der Waals surface area contributed by atoms with Crippen LogP contribution in [0.2, 0.25) is 0 Å². The number of rotatable bonds is 5. The van der Waals surface area contributed by atoms with Crippen molar-refractivity contribution >= 4 is 0 Å². The lowest BCUT2D eigenvalue weighted by molar-refractivity contribution is 0.280. The van der Waals surface area contributed by atoms with E-state index in [0.29, 0.717) is 18.7 Å². The van der Waals surface area contributed by atoms with Crippen molar-refractivity contribution in [2.75, 3.05) is 0 Å². The van der Waals surface area contributed by atoms with Crippen LogP contribution in [0, 0.1) is 11.3 Å². The molecule has 0 unspecified atom stereocenters. The van der Waals surface area contributed by atoms with Gasteiger partial charge < -0.3 is 10.4 Å². The molecule has 2 rings (SSSR count). The van der Waals surface area contributed by atoms with Gasteiger partial charge in [0.25, 0.3) is 0 Å². The molecule has 19 heavy (non-hydrogen) atoms. The van der Waals surface area contributed by atoms with Gasteiger partial charge in [-0.15, -0.1) is 0 Å². The summed E-state index contributed by atoms with van der Waals surface area (Å²) in [7, 11) is 0. The van der Waals surface area contributed by atoms with Crippen molar-refractivity contribution in [3.8, 4) is 6.07 Å². The van der Waals surface area contributed by atoms with Crippen molar-refractivity contribution < 1.29 is 5.11 Å². The second-order valence-electron chi connectivity index (χ2n) is 4.34. The standard InChI is InChI=1S/C16H16N2O/c17-9-13-4-3-5-14(8-13)10-18-11-15-6-1-2-7-16(15)12-19/h1-8,18-19H,10-12H2. The van der Waals surface area contributed by atoms with Crippen molar-refractivity contribution in [1.82, 2.24) is 5.32 Å². The van der Waals surface area contributed by atoms with E-state index in [4.69, 9.17) is 5.26 Å². The zero-order chi connectivity index (χ0) is 13.5. The molecule has 0 atom stereocenters. The molecule has 3 heteroatoms. The number of nitrogens with one attached hydrogen (secondary N) is 1. The zero-order valence-electron chi connectivity index (χ0n) is 10.6. The van der Waals surface area contributed by atoms with E-state index in [2.05, 4.69) is 11.4 Å². The van der Waals surface area contributed by atoms with E-state index in [1.54, 1.807) is 6.07 Å². The van der Waals surface area contributed by atoms with E-state index in [0.717, 1.165) is 16.7 Å². The van der Waals surface area contributed by atoms with Gasteiger partial charge in [0.2, 0.25) is 0 Å². The van der Waals surface area contributed by atoms with E-state index in [9.17, 15) is 5.11 Å². The Bertz CT molecular complexity index is 587. The average Bonchev–Trinajstić information content (AvgIpc) is 2.48. The monoisotopic (exact) mass is 252 g/mol. The Labute approximate surface area is 113 Å². The Morgan fingerprint density at radius 3 is 2.53 bits per heavy atom. The van der Waals surface area contributed by atoms with E-state index in [1.165, 1.54) is 0 Å². The van der Waals surface area contributed by atoms with Gasteiger partial charge in [-0.05, 0) is 28.8 Å². The molecule has 0 heterocycles. The molecule has 0 bridgehead atoms. The molecule has 2 N–H and O–H groups in total. The summed E-state index contributed by atoms with van der Waals surface area (Å²) in [5.41, 5.74) is 3.80. The maximum atomic E-state index is 9.24. The van der Waals surface area contributed by atoms with Gasteiger partial charge >= 0.3 is 0 Å². The zero-order valence-corrected chi connectivity index (χ0v) is 10.6. The van der Waals surface area contributed by atoms with Crippen LogP contribution in [-0.2, 0) is 19.7 Å². The molecule has 0 spiro atoms. The normalized spacial score (nSPS) is 10.1. The Morgan fingerprint density at radius 1 is 1.00 bits per heavy atom. The Balaban J connectivity index is 1.94. The molecule has 96 valence electrons. The number of hydrogen-bond acceptors (Lipinski definition) is 3. The molecule has 0 radical (unpaired) electrons. The second-order valence-corrected chi connectivity index (χ2v) is 4.34. The third kappa shape index (κ3) is 3.65. The molecule has 0 amide bonds. The predicted molar refractivity (Wildman–Crippen MR) is 74.1 cm³/mol. The van der Waals surface area contributed by atoms with Crippen LogP contribution < -0.4 is 5.32 Å². The van der Waals surface area contributed by atoms with Crippen molar-refractivity contribution in [2.45, 2.75) is 19.7 Å². The topological polar surface area (TPSA) is 56.0 Å². The van der Waals surface area contributed by atoms with Crippen LogP contribution in [0.25, 0.3) is 0 Å². The van der Waals surface area contributed by atoms with Gasteiger partial charge in [-0.2, -0.15) is 5.26 Å². The third-order valence-electron chi connectivity index (χ3n) is 2.99. The van der Waals surface area contributed by atoms with Crippen molar-refractivity contribution in [2.24, 2.45) is 0 Å². The highest BCUT2D eigenvalue weighted by molar-refractivity contribution is 5.32. The highest BCUT2D eigenvalue weighted by Crippen LogP contribution is 2.09. The molecule has 2 aromatic carbocycles. The lowest BCUT2D eigenvalue weighted by Gasteiger charge is -2.09. The number of nitrogens with zero attached hydrogens (tertiary/aromatic N) is 1. The third-order valence-corrected chi connectivity index (χ3v) is 2.99. The van der Waals surface area contributed by atoms with E-state index >= 15 is 0 Å². The number of aliphatic hydroxyl groups excluding tert-OH is 1. The Kier molecular flexibility index (Phi) is 4.68. The summed E-state index contributed by atoms with van der Waals surface area (Å²) in [6, 6.07) is 17.5. The summed E-state index contributed by atoms with van der Waals surface area (Å²) >= 11 is 0. The van der Waals surface area contributed by atoms with Gasteiger partial charge in [0.05, 0.1) is 18.2 Å². The van der Waals surface area contributed by atoms with Gasteiger partial charge in [-0.25, -0.2) is 0 Å². The summed E-state index contributed by atoms with van der Waals surface area (Å²) in [4.78, 5) is 0. The van der Waals surface area contributed by atoms with Gasteiger partial charge in [0, 0.05) is 13.1 Å². The fourth-order valence-corrected chi connectivity index (χ4v) is 1.98. The van der Waals surface area contributed by atoms with Crippen molar-refractivity contribution in [1.29, 1.82) is 5.26 Å². The molecule has 3 nitrogen and oxygen atoms in total. The van der Waals surface area contributed by atoms with Gasteiger partial charge in [-0.3, -0.25) is 0 Å². The van der Waals surface area contributed by atoms with Crippen LogP contribution in [0.5, 0.6) is 0 Å². The molecule has 0 saturated heterocycles. The van der Waals surface area contributed by atoms with Crippen molar-refractivity contribution in [3.05, 3.63) is 70.8 Å². The minimum Gasteiger partial charge on any atom is -0.392 e. The minimum absolute atomic E-state index is 0.0573. The highest BCUT2D eigenvalue weighted by atomic mass is 16.3. The Hall–Kier alpha value is -2.15. The maximum Gasteiger partial charge on any atom is 0.0991 e. The summed E-state index contributed by atoms with van der Waals surface area (Å²) in [6.07, 6.45) is 0. The largest absolute Gasteiger partial charge is 0.392 e. The lowest BCUT2D eigenvalue weighted by Crippen LogP contribution is -2.14. The molecular formula is C16H16N2O. The lowest BCUT2D eigenvalue weighted by atomic mass is 10.1. The highest BCUT2D eigenvalue weighted by Gasteiger charge is 2.00. The van der Waals surface area contributed by atoms with Crippen molar-refractivity contribution in [3.63, 3.8) is 0 Å². The average molecular weight is 252 g/mol. The van der Waals surface area contributed by atoms with Crippen LogP contribution in [0.15, 0.2) is 48.5 Å². The maximum absolute atomic E-state index is 9.24. The summed E-state index contributed by atoms with van der Waals surface area (Å²) in [5, 5.41) is 21.4. The first-order valence-electron chi connectivity index (χ1n) is 6.21. The fourth-order valence-electron chi connectivity index (χ4n) is 1.98. The van der Waals surface area contributed by atoms with Crippen LogP contribution in [-0.4, -0.2) is 5.11 Å². The van der Waals surface area contributed by atoms with E-state index < -0.39 is 0 Å². The first-order valence-corrected chi connectivity index (χ1v) is 6.21. The molecule has 0 aliphatic carbocycles. The SMILES string of the molecule is N#Cc1cccc(CNCc2ccccc2CO)c1. The smallest absolute Gasteiger partial charge is 0.0991 e. The molecule has 0 aliphatic heterocycles. The van der Waals surface area contributed by atoms with Crippen LogP contribution >= 0.6 is 0 Å². The second kappa shape index (κ2) is 6.69.